The Bertz CT molecular complexity index is 747. The van der Waals surface area contributed by atoms with Crippen molar-refractivity contribution in [2.24, 2.45) is 0 Å². The topological polar surface area (TPSA) is 107 Å². The first-order valence-electron chi connectivity index (χ1n) is 6.80. The molecule has 0 amide bonds. The van der Waals surface area contributed by atoms with Gasteiger partial charge in [0.15, 0.2) is 11.5 Å². The van der Waals surface area contributed by atoms with Crippen molar-refractivity contribution in [1.29, 1.82) is 0 Å². The Morgan fingerprint density at radius 3 is 2.25 bits per heavy atom. The maximum absolute atomic E-state index is 11.5. The van der Waals surface area contributed by atoms with Crippen LogP contribution in [0.3, 0.4) is 0 Å². The third kappa shape index (κ3) is 3.99. The number of aliphatic carboxylic acids is 1. The molecule has 0 unspecified atom stereocenters. The first-order valence-corrected chi connectivity index (χ1v) is 7.62. The van der Waals surface area contributed by atoms with Crippen molar-refractivity contribution in [1.82, 2.24) is 15.2 Å². The standard InChI is InChI=1S/C15H17N3O5S/c1-8-16-15(18-17-8)24-12(14(19)20)7-9-5-10(21-2)13(23-4)11(6-9)22-3/h5-7H,1-4H3,(H,19,20)(H,16,17,18). The number of aromatic amines is 1. The van der Waals surface area contributed by atoms with Crippen LogP contribution in [0.2, 0.25) is 0 Å². The van der Waals surface area contributed by atoms with Gasteiger partial charge in [0.05, 0.1) is 21.3 Å². The van der Waals surface area contributed by atoms with Gasteiger partial charge in [0, 0.05) is 0 Å². The number of ether oxygens (including phenoxy) is 3. The fraction of sp³-hybridized carbons (Fsp3) is 0.267. The minimum Gasteiger partial charge on any atom is -0.493 e. The summed E-state index contributed by atoms with van der Waals surface area (Å²) in [5.74, 6) is 0.829. The van der Waals surface area contributed by atoms with Crippen LogP contribution in [-0.2, 0) is 4.79 Å². The van der Waals surface area contributed by atoms with Crippen molar-refractivity contribution in [3.63, 3.8) is 0 Å². The maximum atomic E-state index is 11.5. The number of nitrogens with zero attached hydrogens (tertiary/aromatic N) is 2. The smallest absolute Gasteiger partial charge is 0.342 e. The number of nitrogens with one attached hydrogen (secondary N) is 1. The molecule has 2 N–H and O–H groups in total. The van der Waals surface area contributed by atoms with Gasteiger partial charge in [-0.05, 0) is 42.5 Å². The molecule has 1 aromatic heterocycles. The van der Waals surface area contributed by atoms with Crippen LogP contribution < -0.4 is 14.2 Å². The van der Waals surface area contributed by atoms with Crippen LogP contribution in [0.15, 0.2) is 22.2 Å². The summed E-state index contributed by atoms with van der Waals surface area (Å²) in [6.07, 6.45) is 1.49. The molecule has 128 valence electrons. The van der Waals surface area contributed by atoms with E-state index in [2.05, 4.69) is 15.2 Å². The largest absolute Gasteiger partial charge is 0.493 e. The number of benzene rings is 1. The molecule has 0 spiro atoms. The zero-order valence-electron chi connectivity index (χ0n) is 13.6. The van der Waals surface area contributed by atoms with E-state index >= 15 is 0 Å². The summed E-state index contributed by atoms with van der Waals surface area (Å²) in [6.45, 7) is 1.74. The molecule has 0 radical (unpaired) electrons. The SMILES string of the molecule is COc1cc(C=C(Sc2n[nH]c(C)n2)C(=O)O)cc(OC)c1OC. The van der Waals surface area contributed by atoms with Gasteiger partial charge in [-0.2, -0.15) is 0 Å². The highest BCUT2D eigenvalue weighted by atomic mass is 32.2. The fourth-order valence-electron chi connectivity index (χ4n) is 1.94. The van der Waals surface area contributed by atoms with Gasteiger partial charge in [-0.25, -0.2) is 9.78 Å². The van der Waals surface area contributed by atoms with E-state index in [0.717, 1.165) is 11.8 Å². The molecule has 0 bridgehead atoms. The minimum absolute atomic E-state index is 0.0586. The molecule has 0 aliphatic heterocycles. The lowest BCUT2D eigenvalue weighted by Gasteiger charge is -2.13. The number of carboxylic acids is 1. The van der Waals surface area contributed by atoms with Crippen LogP contribution in [-0.4, -0.2) is 47.6 Å². The highest BCUT2D eigenvalue weighted by molar-refractivity contribution is 8.04. The number of hydrogen-bond acceptors (Lipinski definition) is 7. The molecule has 0 saturated carbocycles. The zero-order valence-corrected chi connectivity index (χ0v) is 14.4. The van der Waals surface area contributed by atoms with E-state index in [0.29, 0.717) is 33.8 Å². The molecule has 8 nitrogen and oxygen atoms in total. The normalized spacial score (nSPS) is 11.2. The number of carbonyl (C=O) groups is 1. The summed E-state index contributed by atoms with van der Waals surface area (Å²) in [4.78, 5) is 15.7. The highest BCUT2D eigenvalue weighted by Gasteiger charge is 2.16. The second-order valence-electron chi connectivity index (χ2n) is 4.58. The van der Waals surface area contributed by atoms with Gasteiger partial charge in [0.2, 0.25) is 10.9 Å². The number of hydrogen-bond donors (Lipinski definition) is 2. The van der Waals surface area contributed by atoms with Crippen molar-refractivity contribution in [3.05, 3.63) is 28.4 Å². The molecular weight excluding hydrogens is 334 g/mol. The zero-order chi connectivity index (χ0) is 17.7. The predicted octanol–water partition coefficient (Wildman–Crippen LogP) is 2.36. The molecule has 0 aliphatic rings. The van der Waals surface area contributed by atoms with E-state index < -0.39 is 5.97 Å². The van der Waals surface area contributed by atoms with Gasteiger partial charge in [-0.1, -0.05) is 0 Å². The van der Waals surface area contributed by atoms with E-state index in [1.54, 1.807) is 19.1 Å². The van der Waals surface area contributed by atoms with Crippen molar-refractivity contribution < 1.29 is 24.1 Å². The quantitative estimate of drug-likeness (QED) is 0.578. The Morgan fingerprint density at radius 2 is 1.83 bits per heavy atom. The van der Waals surface area contributed by atoms with Crippen LogP contribution in [0.4, 0.5) is 0 Å². The molecule has 2 aromatic rings. The van der Waals surface area contributed by atoms with E-state index in [1.165, 1.54) is 27.4 Å². The Balaban J connectivity index is 2.43. The fourth-order valence-corrected chi connectivity index (χ4v) is 2.69. The summed E-state index contributed by atoms with van der Waals surface area (Å²) >= 11 is 0.945. The number of thioether (sulfide) groups is 1. The van der Waals surface area contributed by atoms with Crippen molar-refractivity contribution >= 4 is 23.8 Å². The van der Waals surface area contributed by atoms with Crippen LogP contribution in [0.25, 0.3) is 6.08 Å². The molecule has 0 atom stereocenters. The number of rotatable bonds is 7. The molecule has 9 heteroatoms. The Morgan fingerprint density at radius 1 is 1.21 bits per heavy atom. The monoisotopic (exact) mass is 351 g/mol. The second kappa shape index (κ2) is 7.73. The number of aryl methyl sites for hydroxylation is 1. The minimum atomic E-state index is -1.09. The summed E-state index contributed by atoms with van der Waals surface area (Å²) in [7, 11) is 4.49. The van der Waals surface area contributed by atoms with Gasteiger partial charge in [0.25, 0.3) is 0 Å². The molecule has 0 fully saturated rings. The van der Waals surface area contributed by atoms with Gasteiger partial charge in [0.1, 0.15) is 10.7 Å². The first kappa shape index (κ1) is 17.7. The molecule has 1 aromatic carbocycles. The summed E-state index contributed by atoms with van der Waals surface area (Å²) in [5.41, 5.74) is 0.585. The van der Waals surface area contributed by atoms with Gasteiger partial charge in [-0.15, -0.1) is 5.10 Å². The average molecular weight is 351 g/mol. The summed E-state index contributed by atoms with van der Waals surface area (Å²) in [5, 5.41) is 16.3. The van der Waals surface area contributed by atoms with Gasteiger partial charge >= 0.3 is 5.97 Å². The predicted molar refractivity (Wildman–Crippen MR) is 88.7 cm³/mol. The van der Waals surface area contributed by atoms with E-state index in [1.807, 2.05) is 0 Å². The average Bonchev–Trinajstić information content (AvgIpc) is 2.98. The number of H-pyrrole nitrogens is 1. The number of methoxy groups -OCH3 is 3. The molecule has 2 rings (SSSR count). The Kier molecular flexibility index (Phi) is 5.69. The highest BCUT2D eigenvalue weighted by Crippen LogP contribution is 2.39. The lowest BCUT2D eigenvalue weighted by molar-refractivity contribution is -0.131. The van der Waals surface area contributed by atoms with Crippen molar-refractivity contribution in [2.45, 2.75) is 12.1 Å². The van der Waals surface area contributed by atoms with E-state index in [9.17, 15) is 9.90 Å². The first-order chi connectivity index (χ1) is 11.5. The molecule has 24 heavy (non-hydrogen) atoms. The summed E-state index contributed by atoms with van der Waals surface area (Å²) < 4.78 is 15.8. The Hall–Kier alpha value is -2.68. The van der Waals surface area contributed by atoms with Crippen molar-refractivity contribution in [3.8, 4) is 17.2 Å². The van der Waals surface area contributed by atoms with Gasteiger partial charge in [-0.3, -0.25) is 5.10 Å². The van der Waals surface area contributed by atoms with E-state index in [-0.39, 0.29) is 4.91 Å². The molecule has 1 heterocycles. The van der Waals surface area contributed by atoms with Crippen LogP contribution in [0, 0.1) is 6.92 Å². The molecule has 0 aliphatic carbocycles. The van der Waals surface area contributed by atoms with Crippen LogP contribution in [0.5, 0.6) is 17.2 Å². The molecular formula is C15H17N3O5S. The van der Waals surface area contributed by atoms with E-state index in [4.69, 9.17) is 14.2 Å². The third-order valence-corrected chi connectivity index (χ3v) is 3.85. The van der Waals surface area contributed by atoms with Crippen molar-refractivity contribution in [2.75, 3.05) is 21.3 Å². The Labute approximate surface area is 142 Å². The lowest BCUT2D eigenvalue weighted by atomic mass is 10.1. The summed E-state index contributed by atoms with van der Waals surface area (Å²) in [6, 6.07) is 3.32. The number of aromatic nitrogens is 3. The molecule has 0 saturated heterocycles. The van der Waals surface area contributed by atoms with Gasteiger partial charge < -0.3 is 19.3 Å². The van der Waals surface area contributed by atoms with Crippen LogP contribution in [0.1, 0.15) is 11.4 Å². The lowest BCUT2D eigenvalue weighted by Crippen LogP contribution is -1.99. The second-order valence-corrected chi connectivity index (χ2v) is 5.59. The third-order valence-electron chi connectivity index (χ3n) is 2.97. The maximum Gasteiger partial charge on any atom is 0.342 e. The number of carboxylic acid groups (broad SMARTS) is 1. The van der Waals surface area contributed by atoms with Crippen LogP contribution >= 0.6 is 11.8 Å².